The number of amides is 1. The van der Waals surface area contributed by atoms with E-state index in [0.29, 0.717) is 11.8 Å². The van der Waals surface area contributed by atoms with Crippen LogP contribution in [0.1, 0.15) is 36.6 Å². The summed E-state index contributed by atoms with van der Waals surface area (Å²) in [4.78, 5) is 19.4. The first kappa shape index (κ1) is 16.7. The molecule has 0 saturated heterocycles. The highest BCUT2D eigenvalue weighted by molar-refractivity contribution is 7.99. The van der Waals surface area contributed by atoms with Crippen molar-refractivity contribution in [1.29, 1.82) is 0 Å². The second-order valence-electron chi connectivity index (χ2n) is 6.29. The molecule has 4 nitrogen and oxygen atoms in total. The standard InChI is InChI=1S/C19H20N2O2S2/c1-13(16-6-4-10-23-16)21(14-8-9-14)19(22)12-24-11-18-20-15-5-2-3-7-17(15)25-18/h2-7,10,13-14H,8-9,11-12H2,1H3. The lowest BCUT2D eigenvalue weighted by molar-refractivity contribution is -0.131. The maximum Gasteiger partial charge on any atom is 0.233 e. The van der Waals surface area contributed by atoms with E-state index in [2.05, 4.69) is 11.1 Å². The van der Waals surface area contributed by atoms with Crippen molar-refractivity contribution in [1.82, 2.24) is 9.88 Å². The second-order valence-corrected chi connectivity index (χ2v) is 8.39. The molecule has 1 aliphatic rings. The molecule has 0 radical (unpaired) electrons. The lowest BCUT2D eigenvalue weighted by Gasteiger charge is -2.28. The molecule has 0 spiro atoms. The Morgan fingerprint density at radius 1 is 1.36 bits per heavy atom. The topological polar surface area (TPSA) is 46.3 Å². The molecule has 0 N–H and O–H groups in total. The van der Waals surface area contributed by atoms with Crippen LogP contribution in [0.3, 0.4) is 0 Å². The van der Waals surface area contributed by atoms with Gasteiger partial charge in [0.25, 0.3) is 0 Å². The summed E-state index contributed by atoms with van der Waals surface area (Å²) in [6, 6.07) is 12.4. The summed E-state index contributed by atoms with van der Waals surface area (Å²) in [5.41, 5.74) is 1.04. The molecule has 130 valence electrons. The van der Waals surface area contributed by atoms with Gasteiger partial charge in [-0.2, -0.15) is 0 Å². The van der Waals surface area contributed by atoms with Gasteiger partial charge in [0.2, 0.25) is 5.91 Å². The number of para-hydroxylation sites is 1. The average Bonchev–Trinajstić information content (AvgIpc) is 3.13. The Balaban J connectivity index is 1.36. The van der Waals surface area contributed by atoms with Crippen molar-refractivity contribution in [3.05, 3.63) is 53.4 Å². The Bertz CT molecular complexity index is 822. The van der Waals surface area contributed by atoms with Crippen LogP contribution >= 0.6 is 23.1 Å². The zero-order chi connectivity index (χ0) is 17.2. The summed E-state index contributed by atoms with van der Waals surface area (Å²) in [6.07, 6.45) is 3.86. The molecule has 25 heavy (non-hydrogen) atoms. The number of fused-ring (bicyclic) bond motifs is 1. The Kier molecular flexibility index (Phi) is 4.81. The molecule has 1 aromatic carbocycles. The van der Waals surface area contributed by atoms with Crippen molar-refractivity contribution in [2.24, 2.45) is 0 Å². The molecule has 1 amide bonds. The highest BCUT2D eigenvalue weighted by Crippen LogP contribution is 2.35. The van der Waals surface area contributed by atoms with E-state index in [1.54, 1.807) is 29.4 Å². The fourth-order valence-corrected chi connectivity index (χ4v) is 4.95. The van der Waals surface area contributed by atoms with Crippen LogP contribution in [0.5, 0.6) is 0 Å². The minimum absolute atomic E-state index is 0.00180. The van der Waals surface area contributed by atoms with Crippen molar-refractivity contribution in [3.63, 3.8) is 0 Å². The number of aromatic nitrogens is 1. The van der Waals surface area contributed by atoms with Gasteiger partial charge in [-0.05, 0) is 44.0 Å². The van der Waals surface area contributed by atoms with E-state index < -0.39 is 0 Å². The van der Waals surface area contributed by atoms with E-state index in [1.807, 2.05) is 42.2 Å². The average molecular weight is 373 g/mol. The Morgan fingerprint density at radius 3 is 2.92 bits per heavy atom. The van der Waals surface area contributed by atoms with Crippen LogP contribution in [-0.2, 0) is 10.5 Å². The number of thiazole rings is 1. The maximum absolute atomic E-state index is 12.8. The fraction of sp³-hybridized carbons (Fsp3) is 0.368. The van der Waals surface area contributed by atoms with Gasteiger partial charge in [0.1, 0.15) is 10.8 Å². The van der Waals surface area contributed by atoms with Crippen LogP contribution in [0.25, 0.3) is 10.2 Å². The van der Waals surface area contributed by atoms with Crippen LogP contribution in [0, 0.1) is 0 Å². The van der Waals surface area contributed by atoms with Gasteiger partial charge in [-0.15, -0.1) is 23.1 Å². The molecule has 2 aromatic heterocycles. The first-order chi connectivity index (χ1) is 12.2. The number of rotatable bonds is 7. The largest absolute Gasteiger partial charge is 0.467 e. The van der Waals surface area contributed by atoms with Crippen molar-refractivity contribution in [3.8, 4) is 0 Å². The van der Waals surface area contributed by atoms with Crippen LogP contribution < -0.4 is 0 Å². The summed E-state index contributed by atoms with van der Waals surface area (Å²) in [6.45, 7) is 2.05. The van der Waals surface area contributed by atoms with E-state index in [-0.39, 0.29) is 11.9 Å². The maximum atomic E-state index is 12.8. The van der Waals surface area contributed by atoms with Crippen molar-refractivity contribution in [2.45, 2.75) is 37.6 Å². The van der Waals surface area contributed by atoms with E-state index >= 15 is 0 Å². The number of hydrogen-bond acceptors (Lipinski definition) is 5. The first-order valence-corrected chi connectivity index (χ1v) is 10.5. The van der Waals surface area contributed by atoms with Crippen LogP contribution in [-0.4, -0.2) is 27.6 Å². The van der Waals surface area contributed by atoms with Gasteiger partial charge in [-0.1, -0.05) is 12.1 Å². The number of hydrogen-bond donors (Lipinski definition) is 0. The molecule has 1 aliphatic carbocycles. The number of thioether (sulfide) groups is 1. The smallest absolute Gasteiger partial charge is 0.233 e. The van der Waals surface area contributed by atoms with Crippen molar-refractivity contribution < 1.29 is 9.21 Å². The molecular formula is C19H20N2O2S2. The summed E-state index contributed by atoms with van der Waals surface area (Å²) in [5, 5.41) is 1.08. The molecule has 1 saturated carbocycles. The first-order valence-electron chi connectivity index (χ1n) is 8.49. The van der Waals surface area contributed by atoms with Crippen LogP contribution in [0.4, 0.5) is 0 Å². The minimum Gasteiger partial charge on any atom is -0.467 e. The molecule has 0 aliphatic heterocycles. The van der Waals surface area contributed by atoms with E-state index in [0.717, 1.165) is 34.9 Å². The number of furan rings is 1. The third-order valence-corrected chi connectivity index (χ3v) is 6.54. The zero-order valence-corrected chi connectivity index (χ0v) is 15.7. The Labute approximate surface area is 155 Å². The zero-order valence-electron chi connectivity index (χ0n) is 14.1. The molecule has 1 unspecified atom stereocenters. The van der Waals surface area contributed by atoms with Gasteiger partial charge in [-0.25, -0.2) is 4.98 Å². The third-order valence-electron chi connectivity index (χ3n) is 4.39. The van der Waals surface area contributed by atoms with Gasteiger partial charge in [0, 0.05) is 11.8 Å². The SMILES string of the molecule is CC(c1ccco1)N(C(=O)CSCc1nc2ccccc2s1)C1CC1. The molecule has 1 atom stereocenters. The summed E-state index contributed by atoms with van der Waals surface area (Å²) in [5.74, 6) is 2.31. The predicted molar refractivity (Wildman–Crippen MR) is 103 cm³/mol. The summed E-state index contributed by atoms with van der Waals surface area (Å²) in [7, 11) is 0. The lowest BCUT2D eigenvalue weighted by atomic mass is 10.2. The third kappa shape index (κ3) is 3.75. The van der Waals surface area contributed by atoms with Gasteiger partial charge < -0.3 is 9.32 Å². The molecule has 4 rings (SSSR count). The molecule has 6 heteroatoms. The highest BCUT2D eigenvalue weighted by atomic mass is 32.2. The normalized spacial score (nSPS) is 15.4. The molecule has 3 aromatic rings. The van der Waals surface area contributed by atoms with Crippen molar-refractivity contribution >= 4 is 39.2 Å². The van der Waals surface area contributed by atoms with Crippen LogP contribution in [0.2, 0.25) is 0 Å². The van der Waals surface area contributed by atoms with E-state index in [4.69, 9.17) is 4.42 Å². The van der Waals surface area contributed by atoms with E-state index in [1.165, 1.54) is 4.70 Å². The van der Waals surface area contributed by atoms with Gasteiger partial charge in [0.15, 0.2) is 0 Å². The molecule has 1 fully saturated rings. The molecule has 0 bridgehead atoms. The fourth-order valence-electron chi connectivity index (χ4n) is 3.04. The van der Waals surface area contributed by atoms with Crippen molar-refractivity contribution in [2.75, 3.05) is 5.75 Å². The van der Waals surface area contributed by atoms with Gasteiger partial charge >= 0.3 is 0 Å². The summed E-state index contributed by atoms with van der Waals surface area (Å²) >= 11 is 3.35. The Morgan fingerprint density at radius 2 is 2.20 bits per heavy atom. The van der Waals surface area contributed by atoms with Gasteiger partial charge in [-0.3, -0.25) is 4.79 Å². The number of nitrogens with zero attached hydrogens (tertiary/aromatic N) is 2. The molecular weight excluding hydrogens is 352 g/mol. The minimum atomic E-state index is -0.00180. The quantitative estimate of drug-likeness (QED) is 0.593. The number of benzene rings is 1. The van der Waals surface area contributed by atoms with Gasteiger partial charge in [0.05, 0.1) is 28.3 Å². The van der Waals surface area contributed by atoms with E-state index in [9.17, 15) is 4.79 Å². The Hall–Kier alpha value is -1.79. The summed E-state index contributed by atoms with van der Waals surface area (Å²) < 4.78 is 6.71. The second kappa shape index (κ2) is 7.22. The predicted octanol–water partition coefficient (Wildman–Crippen LogP) is 4.87. The highest BCUT2D eigenvalue weighted by Gasteiger charge is 2.36. The lowest BCUT2D eigenvalue weighted by Crippen LogP contribution is -2.36. The molecule has 2 heterocycles. The number of carbonyl (C=O) groups is 1. The van der Waals surface area contributed by atoms with Crippen LogP contribution in [0.15, 0.2) is 47.1 Å². The monoisotopic (exact) mass is 372 g/mol. The number of carbonyl (C=O) groups excluding carboxylic acids is 1.